The van der Waals surface area contributed by atoms with Gasteiger partial charge in [-0.05, 0) is 60.4 Å². The molecular formula is C31H30N4O5. The van der Waals surface area contributed by atoms with Gasteiger partial charge >= 0.3 is 5.97 Å². The van der Waals surface area contributed by atoms with Crippen molar-refractivity contribution in [2.75, 3.05) is 11.9 Å². The number of hydrogen-bond donors (Lipinski definition) is 1. The maximum atomic E-state index is 12.9. The first-order valence-corrected chi connectivity index (χ1v) is 13.0. The van der Waals surface area contributed by atoms with Crippen LogP contribution in [-0.4, -0.2) is 33.1 Å². The number of aromatic nitrogens is 3. The SMILES string of the molecule is CCOC(=O)c1cnn2c(-c3cccc(NC(=O)c4ccc(COc5ccc(C(C)(C)C)cc5)o4)c3)ccnc12. The van der Waals surface area contributed by atoms with Crippen LogP contribution in [0.5, 0.6) is 5.75 Å². The Balaban J connectivity index is 1.26. The average Bonchev–Trinajstić information content (AvgIpc) is 3.60. The molecule has 0 atom stereocenters. The normalized spacial score (nSPS) is 11.4. The molecule has 2 aromatic carbocycles. The minimum Gasteiger partial charge on any atom is -0.486 e. The average molecular weight is 539 g/mol. The first kappa shape index (κ1) is 26.7. The molecule has 1 amide bonds. The minimum atomic E-state index is -0.482. The Labute approximate surface area is 231 Å². The van der Waals surface area contributed by atoms with Gasteiger partial charge in [0.05, 0.1) is 18.5 Å². The topological polar surface area (TPSA) is 108 Å². The van der Waals surface area contributed by atoms with Gasteiger partial charge in [-0.15, -0.1) is 0 Å². The van der Waals surface area contributed by atoms with E-state index in [0.717, 1.165) is 11.3 Å². The molecule has 5 aromatic rings. The molecule has 0 saturated carbocycles. The van der Waals surface area contributed by atoms with Crippen molar-refractivity contribution in [2.45, 2.75) is 39.7 Å². The van der Waals surface area contributed by atoms with Gasteiger partial charge in [0.1, 0.15) is 23.7 Å². The summed E-state index contributed by atoms with van der Waals surface area (Å²) < 4.78 is 18.2. The minimum absolute atomic E-state index is 0.0681. The molecule has 0 radical (unpaired) electrons. The number of anilines is 1. The van der Waals surface area contributed by atoms with Crippen molar-refractivity contribution in [1.29, 1.82) is 0 Å². The second-order valence-electron chi connectivity index (χ2n) is 10.2. The highest BCUT2D eigenvalue weighted by atomic mass is 16.5. The smallest absolute Gasteiger partial charge is 0.343 e. The molecule has 204 valence electrons. The number of hydrogen-bond acceptors (Lipinski definition) is 7. The lowest BCUT2D eigenvalue weighted by atomic mass is 9.87. The van der Waals surface area contributed by atoms with Crippen LogP contribution in [0.2, 0.25) is 0 Å². The summed E-state index contributed by atoms with van der Waals surface area (Å²) in [6.07, 6.45) is 3.04. The van der Waals surface area contributed by atoms with E-state index in [1.807, 2.05) is 42.5 Å². The van der Waals surface area contributed by atoms with Gasteiger partial charge in [0.15, 0.2) is 11.4 Å². The zero-order valence-corrected chi connectivity index (χ0v) is 22.8. The maximum Gasteiger partial charge on any atom is 0.343 e. The van der Waals surface area contributed by atoms with Gasteiger partial charge in [-0.3, -0.25) is 4.79 Å². The van der Waals surface area contributed by atoms with Crippen molar-refractivity contribution in [2.24, 2.45) is 0 Å². The molecular weight excluding hydrogens is 508 g/mol. The number of ether oxygens (including phenoxy) is 2. The molecule has 0 aliphatic heterocycles. The Bertz CT molecular complexity index is 1660. The monoisotopic (exact) mass is 538 g/mol. The van der Waals surface area contributed by atoms with E-state index in [1.165, 1.54) is 11.8 Å². The molecule has 40 heavy (non-hydrogen) atoms. The van der Waals surface area contributed by atoms with Crippen LogP contribution in [0.15, 0.2) is 83.5 Å². The largest absolute Gasteiger partial charge is 0.486 e. The van der Waals surface area contributed by atoms with Gasteiger partial charge in [0.2, 0.25) is 0 Å². The Hall–Kier alpha value is -4.92. The van der Waals surface area contributed by atoms with Crippen LogP contribution < -0.4 is 10.1 Å². The summed E-state index contributed by atoms with van der Waals surface area (Å²) in [7, 11) is 0. The van der Waals surface area contributed by atoms with E-state index in [9.17, 15) is 9.59 Å². The third-order valence-corrected chi connectivity index (χ3v) is 6.30. The summed E-state index contributed by atoms with van der Waals surface area (Å²) in [6, 6.07) is 20.4. The Morgan fingerprint density at radius 3 is 2.58 bits per heavy atom. The number of benzene rings is 2. The van der Waals surface area contributed by atoms with E-state index in [2.05, 4.69) is 36.2 Å². The van der Waals surface area contributed by atoms with E-state index in [0.29, 0.717) is 22.8 Å². The molecule has 0 saturated heterocycles. The number of rotatable bonds is 8. The van der Waals surface area contributed by atoms with Crippen LogP contribution in [0.25, 0.3) is 16.9 Å². The van der Waals surface area contributed by atoms with Crippen LogP contribution in [0, 0.1) is 0 Å². The van der Waals surface area contributed by atoms with Gasteiger partial charge < -0.3 is 19.2 Å². The lowest BCUT2D eigenvalue weighted by molar-refractivity contribution is 0.0528. The van der Waals surface area contributed by atoms with Crippen LogP contribution in [0.3, 0.4) is 0 Å². The fourth-order valence-electron chi connectivity index (χ4n) is 4.20. The molecule has 0 aliphatic carbocycles. The highest BCUT2D eigenvalue weighted by Gasteiger charge is 2.18. The third kappa shape index (κ3) is 5.73. The summed E-state index contributed by atoms with van der Waals surface area (Å²) in [5.74, 6) is 0.564. The van der Waals surface area contributed by atoms with Gasteiger partial charge in [-0.25, -0.2) is 14.3 Å². The van der Waals surface area contributed by atoms with Gasteiger partial charge in [0, 0.05) is 17.4 Å². The Kier molecular flexibility index (Phi) is 7.37. The number of carbonyl (C=O) groups excluding carboxylic acids is 2. The van der Waals surface area contributed by atoms with E-state index < -0.39 is 5.97 Å². The van der Waals surface area contributed by atoms with Gasteiger partial charge in [-0.2, -0.15) is 5.10 Å². The Morgan fingerprint density at radius 1 is 1.02 bits per heavy atom. The number of furan rings is 1. The molecule has 5 rings (SSSR count). The van der Waals surface area contributed by atoms with E-state index in [-0.39, 0.29) is 35.9 Å². The molecule has 0 aliphatic rings. The summed E-state index contributed by atoms with van der Waals surface area (Å²) >= 11 is 0. The first-order valence-electron chi connectivity index (χ1n) is 13.0. The zero-order chi connectivity index (χ0) is 28.3. The third-order valence-electron chi connectivity index (χ3n) is 6.30. The highest BCUT2D eigenvalue weighted by Crippen LogP contribution is 2.26. The van der Waals surface area contributed by atoms with E-state index >= 15 is 0 Å². The number of fused-ring (bicyclic) bond motifs is 1. The molecule has 3 heterocycles. The van der Waals surface area contributed by atoms with Crippen LogP contribution in [0.4, 0.5) is 5.69 Å². The number of amides is 1. The number of nitrogens with zero attached hydrogens (tertiary/aromatic N) is 3. The molecule has 0 bridgehead atoms. The van der Waals surface area contributed by atoms with Crippen LogP contribution in [-0.2, 0) is 16.8 Å². The first-order chi connectivity index (χ1) is 19.2. The lowest BCUT2D eigenvalue weighted by Crippen LogP contribution is -2.11. The second-order valence-corrected chi connectivity index (χ2v) is 10.2. The van der Waals surface area contributed by atoms with Gasteiger partial charge in [-0.1, -0.05) is 45.0 Å². The van der Waals surface area contributed by atoms with Gasteiger partial charge in [0.25, 0.3) is 5.91 Å². The number of esters is 1. The molecule has 9 nitrogen and oxygen atoms in total. The number of carbonyl (C=O) groups is 2. The van der Waals surface area contributed by atoms with E-state index in [4.69, 9.17) is 13.9 Å². The molecule has 3 aromatic heterocycles. The number of nitrogens with one attached hydrogen (secondary N) is 1. The maximum absolute atomic E-state index is 12.9. The van der Waals surface area contributed by atoms with Crippen molar-refractivity contribution in [3.8, 4) is 17.0 Å². The van der Waals surface area contributed by atoms with E-state index in [1.54, 1.807) is 41.9 Å². The van der Waals surface area contributed by atoms with Crippen molar-refractivity contribution in [3.05, 3.63) is 102 Å². The molecule has 9 heteroatoms. The summed E-state index contributed by atoms with van der Waals surface area (Å²) in [4.78, 5) is 29.5. The van der Waals surface area contributed by atoms with Crippen molar-refractivity contribution in [1.82, 2.24) is 14.6 Å². The predicted molar refractivity (Wildman–Crippen MR) is 151 cm³/mol. The zero-order valence-electron chi connectivity index (χ0n) is 22.8. The summed E-state index contributed by atoms with van der Waals surface area (Å²) in [5, 5.41) is 7.20. The molecule has 0 unspecified atom stereocenters. The molecule has 1 N–H and O–H groups in total. The highest BCUT2D eigenvalue weighted by molar-refractivity contribution is 6.02. The quantitative estimate of drug-likeness (QED) is 0.231. The summed E-state index contributed by atoms with van der Waals surface area (Å²) in [5.41, 5.74) is 4.00. The summed E-state index contributed by atoms with van der Waals surface area (Å²) in [6.45, 7) is 8.69. The Morgan fingerprint density at radius 2 is 1.82 bits per heavy atom. The fourth-order valence-corrected chi connectivity index (χ4v) is 4.20. The van der Waals surface area contributed by atoms with Crippen molar-refractivity contribution < 1.29 is 23.5 Å². The fraction of sp³-hybridized carbons (Fsp3) is 0.226. The second kappa shape index (κ2) is 11.1. The predicted octanol–water partition coefficient (Wildman–Crippen LogP) is 6.29. The van der Waals surface area contributed by atoms with Crippen LogP contribution >= 0.6 is 0 Å². The lowest BCUT2D eigenvalue weighted by Gasteiger charge is -2.19. The van der Waals surface area contributed by atoms with Crippen molar-refractivity contribution >= 4 is 23.2 Å². The van der Waals surface area contributed by atoms with Crippen LogP contribution in [0.1, 0.15) is 59.9 Å². The molecule has 0 spiro atoms. The standard InChI is InChI=1S/C31H30N4O5/c1-5-38-30(37)25-18-33-35-26(15-16-32-28(25)35)20-7-6-8-22(17-20)34-29(36)27-14-13-24(40-27)19-39-23-11-9-21(10-12-23)31(2,3)4/h6-18H,5,19H2,1-4H3,(H,34,36). The van der Waals surface area contributed by atoms with Crippen molar-refractivity contribution in [3.63, 3.8) is 0 Å². The molecule has 0 fully saturated rings.